The van der Waals surface area contributed by atoms with E-state index in [0.717, 1.165) is 6.07 Å². The molecule has 12 heavy (non-hydrogen) atoms. The van der Waals surface area contributed by atoms with Gasteiger partial charge >= 0.3 is 6.18 Å². The Hall–Kier alpha value is -0.550. The molecule has 0 spiro atoms. The maximum Gasteiger partial charge on any atom is 0.426 e. The third kappa shape index (κ3) is 1.78. The van der Waals surface area contributed by atoms with Crippen molar-refractivity contribution in [2.24, 2.45) is 0 Å². The van der Waals surface area contributed by atoms with E-state index in [-0.39, 0.29) is 0 Å². The SMILES string of the molecule is O=C(Cl)c1ccsc1C(F)(F)F. The van der Waals surface area contributed by atoms with Crippen molar-refractivity contribution in [3.8, 4) is 0 Å². The normalized spacial score (nSPS) is 11.7. The van der Waals surface area contributed by atoms with Crippen LogP contribution in [0.15, 0.2) is 11.4 Å². The molecule has 6 heteroatoms. The molecule has 0 amide bonds. The van der Waals surface area contributed by atoms with E-state index in [1.807, 2.05) is 0 Å². The van der Waals surface area contributed by atoms with Gasteiger partial charge in [0.1, 0.15) is 4.88 Å². The Morgan fingerprint density at radius 2 is 2.08 bits per heavy atom. The van der Waals surface area contributed by atoms with Gasteiger partial charge in [-0.3, -0.25) is 4.79 Å². The van der Waals surface area contributed by atoms with Crippen molar-refractivity contribution in [2.75, 3.05) is 0 Å². The van der Waals surface area contributed by atoms with E-state index in [0.29, 0.717) is 11.3 Å². The van der Waals surface area contributed by atoms with Gasteiger partial charge in [-0.05, 0) is 23.0 Å². The predicted molar refractivity (Wildman–Crippen MR) is 39.5 cm³/mol. The van der Waals surface area contributed by atoms with Crippen molar-refractivity contribution in [1.82, 2.24) is 0 Å². The third-order valence-electron chi connectivity index (χ3n) is 1.13. The van der Waals surface area contributed by atoms with Crippen LogP contribution in [0.25, 0.3) is 0 Å². The molecule has 0 aromatic carbocycles. The smallest absolute Gasteiger partial charge is 0.276 e. The highest BCUT2D eigenvalue weighted by molar-refractivity contribution is 7.10. The van der Waals surface area contributed by atoms with Crippen LogP contribution in [0.3, 0.4) is 0 Å². The maximum absolute atomic E-state index is 12.0. The van der Waals surface area contributed by atoms with Crippen molar-refractivity contribution in [3.05, 3.63) is 21.9 Å². The molecule has 0 saturated heterocycles. The van der Waals surface area contributed by atoms with Gasteiger partial charge in [0.15, 0.2) is 0 Å². The molecule has 1 nitrogen and oxygen atoms in total. The summed E-state index contributed by atoms with van der Waals surface area (Å²) in [5, 5.41) is 0.0990. The Bertz CT molecular complexity index is 304. The fourth-order valence-corrected chi connectivity index (χ4v) is 1.66. The second kappa shape index (κ2) is 3.06. The van der Waals surface area contributed by atoms with E-state index in [4.69, 9.17) is 11.6 Å². The molecule has 0 aliphatic heterocycles. The summed E-state index contributed by atoms with van der Waals surface area (Å²) in [4.78, 5) is 9.50. The fraction of sp³-hybridized carbons (Fsp3) is 0.167. The Balaban J connectivity index is 3.17. The Kier molecular flexibility index (Phi) is 2.44. The van der Waals surface area contributed by atoms with Gasteiger partial charge in [0.25, 0.3) is 5.24 Å². The van der Waals surface area contributed by atoms with Gasteiger partial charge in [-0.2, -0.15) is 13.2 Å². The van der Waals surface area contributed by atoms with Crippen molar-refractivity contribution in [1.29, 1.82) is 0 Å². The van der Waals surface area contributed by atoms with E-state index in [2.05, 4.69) is 0 Å². The molecule has 0 fully saturated rings. The number of carbonyl (C=O) groups excluding carboxylic acids is 1. The fourth-order valence-electron chi connectivity index (χ4n) is 0.684. The molecule has 0 aliphatic rings. The van der Waals surface area contributed by atoms with Crippen molar-refractivity contribution < 1.29 is 18.0 Å². The molecule has 0 radical (unpaired) electrons. The molecular weight excluding hydrogens is 213 g/mol. The van der Waals surface area contributed by atoms with E-state index in [9.17, 15) is 18.0 Å². The summed E-state index contributed by atoms with van der Waals surface area (Å²) in [7, 11) is 0. The highest BCUT2D eigenvalue weighted by Gasteiger charge is 2.36. The summed E-state index contributed by atoms with van der Waals surface area (Å²) >= 11 is 5.38. The molecule has 0 N–H and O–H groups in total. The first-order chi connectivity index (χ1) is 5.43. The Labute approximate surface area is 74.8 Å². The molecule has 0 saturated carbocycles. The average molecular weight is 215 g/mol. The van der Waals surface area contributed by atoms with E-state index in [1.165, 1.54) is 5.38 Å². The molecule has 0 unspecified atom stereocenters. The van der Waals surface area contributed by atoms with Crippen LogP contribution in [-0.4, -0.2) is 5.24 Å². The largest absolute Gasteiger partial charge is 0.426 e. The van der Waals surface area contributed by atoms with Crippen LogP contribution in [0.1, 0.15) is 15.2 Å². The molecule has 0 bridgehead atoms. The van der Waals surface area contributed by atoms with Crippen molar-refractivity contribution in [3.63, 3.8) is 0 Å². The lowest BCUT2D eigenvalue weighted by Crippen LogP contribution is -2.06. The van der Waals surface area contributed by atoms with Crippen LogP contribution in [0, 0.1) is 0 Å². The van der Waals surface area contributed by atoms with Crippen LogP contribution < -0.4 is 0 Å². The maximum atomic E-state index is 12.0. The Morgan fingerprint density at radius 1 is 1.50 bits per heavy atom. The van der Waals surface area contributed by atoms with Gasteiger partial charge in [-0.1, -0.05) is 0 Å². The number of thiophene rings is 1. The van der Waals surface area contributed by atoms with Gasteiger partial charge in [-0.25, -0.2) is 0 Å². The first-order valence-electron chi connectivity index (χ1n) is 2.77. The first-order valence-corrected chi connectivity index (χ1v) is 4.03. The van der Waals surface area contributed by atoms with Crippen molar-refractivity contribution >= 4 is 28.2 Å². The van der Waals surface area contributed by atoms with Gasteiger partial charge in [-0.15, -0.1) is 11.3 Å². The molecule has 0 atom stereocenters. The number of carbonyl (C=O) groups is 1. The van der Waals surface area contributed by atoms with Gasteiger partial charge in [0, 0.05) is 0 Å². The zero-order valence-corrected chi connectivity index (χ0v) is 7.06. The lowest BCUT2D eigenvalue weighted by Gasteiger charge is -2.03. The zero-order chi connectivity index (χ0) is 9.35. The van der Waals surface area contributed by atoms with E-state index >= 15 is 0 Å². The Morgan fingerprint density at radius 3 is 2.42 bits per heavy atom. The summed E-state index contributed by atoms with van der Waals surface area (Å²) < 4.78 is 36.1. The third-order valence-corrected chi connectivity index (χ3v) is 2.30. The number of halogens is 4. The number of hydrogen-bond donors (Lipinski definition) is 0. The zero-order valence-electron chi connectivity index (χ0n) is 5.48. The molecule has 1 aromatic heterocycles. The highest BCUT2D eigenvalue weighted by Crippen LogP contribution is 2.36. The minimum absolute atomic E-state index is 0.455. The lowest BCUT2D eigenvalue weighted by molar-refractivity contribution is -0.134. The van der Waals surface area contributed by atoms with Crippen LogP contribution in [0.5, 0.6) is 0 Å². The molecule has 0 aliphatic carbocycles. The first kappa shape index (κ1) is 9.54. The van der Waals surface area contributed by atoms with Crippen LogP contribution in [0.2, 0.25) is 0 Å². The molecular formula is C6H2ClF3OS. The minimum Gasteiger partial charge on any atom is -0.276 e. The summed E-state index contributed by atoms with van der Waals surface area (Å²) in [5.41, 5.74) is -0.478. The van der Waals surface area contributed by atoms with Crippen molar-refractivity contribution in [2.45, 2.75) is 6.18 Å². The standard InChI is InChI=1S/C6H2ClF3OS/c7-5(11)3-1-2-12-4(3)6(8,9)10/h1-2H. The van der Waals surface area contributed by atoms with E-state index < -0.39 is 21.9 Å². The quantitative estimate of drug-likeness (QED) is 0.657. The summed E-state index contributed by atoms with van der Waals surface area (Å²) in [6, 6.07) is 1.06. The number of alkyl halides is 3. The monoisotopic (exact) mass is 214 g/mol. The van der Waals surface area contributed by atoms with Gasteiger partial charge in [0.05, 0.1) is 5.56 Å². The van der Waals surface area contributed by atoms with Gasteiger partial charge in [0.2, 0.25) is 0 Å². The molecule has 1 rings (SSSR count). The molecule has 1 aromatic rings. The second-order valence-electron chi connectivity index (χ2n) is 1.93. The van der Waals surface area contributed by atoms with Gasteiger partial charge < -0.3 is 0 Å². The average Bonchev–Trinajstić information content (AvgIpc) is 2.30. The highest BCUT2D eigenvalue weighted by atomic mass is 35.5. The van der Waals surface area contributed by atoms with E-state index in [1.54, 1.807) is 0 Å². The lowest BCUT2D eigenvalue weighted by atomic mass is 10.3. The summed E-state index contributed by atoms with van der Waals surface area (Å²) in [5.74, 6) is 0. The topological polar surface area (TPSA) is 17.1 Å². The molecule has 1 heterocycles. The second-order valence-corrected chi connectivity index (χ2v) is 3.19. The summed E-state index contributed by atoms with van der Waals surface area (Å²) in [6.07, 6.45) is -4.49. The van der Waals surface area contributed by atoms with Crippen LogP contribution in [-0.2, 0) is 6.18 Å². The van der Waals surface area contributed by atoms with Crippen LogP contribution >= 0.6 is 22.9 Å². The number of rotatable bonds is 1. The number of hydrogen-bond acceptors (Lipinski definition) is 2. The van der Waals surface area contributed by atoms with Crippen LogP contribution in [0.4, 0.5) is 13.2 Å². The predicted octanol–water partition coefficient (Wildman–Crippen LogP) is 3.15. The minimum atomic E-state index is -4.49. The molecule has 66 valence electrons. The summed E-state index contributed by atoms with van der Waals surface area (Å²) in [6.45, 7) is 0.